The molecule has 0 spiro atoms. The van der Waals surface area contributed by atoms with Crippen molar-refractivity contribution in [2.75, 3.05) is 11.3 Å². The van der Waals surface area contributed by atoms with Crippen LogP contribution in [0.1, 0.15) is 35.6 Å². The first-order valence-electron chi connectivity index (χ1n) is 10.5. The van der Waals surface area contributed by atoms with Crippen LogP contribution in [0.15, 0.2) is 59.8 Å². The molecule has 1 saturated heterocycles. The van der Waals surface area contributed by atoms with Crippen LogP contribution in [0, 0.1) is 11.3 Å². The van der Waals surface area contributed by atoms with Crippen molar-refractivity contribution in [1.29, 1.82) is 5.26 Å². The Morgan fingerprint density at radius 1 is 1.23 bits per heavy atom. The number of sulfonamides is 1. The summed E-state index contributed by atoms with van der Waals surface area (Å²) in [7, 11) is -3.97. The molecular weight excluding hydrogens is 503 g/mol. The smallest absolute Gasteiger partial charge is 0.292 e. The number of hydrogen-bond donors (Lipinski definition) is 1. The summed E-state index contributed by atoms with van der Waals surface area (Å²) in [6.07, 6.45) is -4.18. The molecular formula is C22H20F3N5O3S2. The molecule has 1 fully saturated rings. The van der Waals surface area contributed by atoms with Gasteiger partial charge in [-0.15, -0.1) is 13.2 Å². The molecule has 1 aliphatic rings. The summed E-state index contributed by atoms with van der Waals surface area (Å²) < 4.78 is 74.2. The first-order chi connectivity index (χ1) is 16.6. The zero-order valence-electron chi connectivity index (χ0n) is 18.1. The second-order valence-electron chi connectivity index (χ2n) is 7.89. The molecule has 2 atom stereocenters. The topological polar surface area (TPSA) is 108 Å². The summed E-state index contributed by atoms with van der Waals surface area (Å²) >= 11 is 0.879. The van der Waals surface area contributed by atoms with Crippen molar-refractivity contribution in [3.8, 4) is 6.07 Å². The highest BCUT2D eigenvalue weighted by Crippen LogP contribution is 2.36. The lowest BCUT2D eigenvalue weighted by Crippen LogP contribution is -2.41. The number of nitriles is 1. The highest BCUT2D eigenvalue weighted by molar-refractivity contribution is 7.93. The van der Waals surface area contributed by atoms with Crippen molar-refractivity contribution in [1.82, 2.24) is 14.3 Å². The third kappa shape index (κ3) is 6.34. The number of nitrogens with zero attached hydrogens (tertiary/aromatic N) is 4. The lowest BCUT2D eigenvalue weighted by Gasteiger charge is -2.40. The van der Waals surface area contributed by atoms with E-state index in [1.807, 2.05) is 41.3 Å². The average molecular weight is 524 g/mol. The number of ether oxygens (including phenoxy) is 1. The van der Waals surface area contributed by atoms with Crippen LogP contribution in [0.25, 0.3) is 0 Å². The van der Waals surface area contributed by atoms with Crippen LogP contribution in [0.3, 0.4) is 0 Å². The standard InChI is InChI=1S/C22H20F3N5O3S2/c23-22(24,25)33-18-8-9-30(20(11-18)15-4-2-1-3-5-15)13-16-6-7-19(10-17(16)12-26)35(31,32)29-21-27-14-28-34-21/h1-7,10,14,18,20H,8-9,11,13H2,(H,27,28,29)/t18-,20+/m1/s1. The molecule has 13 heteroatoms. The zero-order chi connectivity index (χ0) is 25.1. The van der Waals surface area contributed by atoms with Gasteiger partial charge in [-0.1, -0.05) is 36.4 Å². The van der Waals surface area contributed by atoms with Crippen LogP contribution < -0.4 is 4.72 Å². The number of aromatic nitrogens is 2. The van der Waals surface area contributed by atoms with E-state index in [-0.39, 0.29) is 41.0 Å². The van der Waals surface area contributed by atoms with E-state index in [1.54, 1.807) is 6.07 Å². The summed E-state index contributed by atoms with van der Waals surface area (Å²) in [4.78, 5) is 5.67. The van der Waals surface area contributed by atoms with E-state index >= 15 is 0 Å². The largest absolute Gasteiger partial charge is 0.522 e. The van der Waals surface area contributed by atoms with Gasteiger partial charge in [-0.2, -0.15) is 9.64 Å². The lowest BCUT2D eigenvalue weighted by atomic mass is 9.92. The zero-order valence-corrected chi connectivity index (χ0v) is 19.8. The van der Waals surface area contributed by atoms with Crippen molar-refractivity contribution in [3.63, 3.8) is 0 Å². The van der Waals surface area contributed by atoms with Crippen molar-refractivity contribution in [2.45, 2.75) is 42.8 Å². The van der Waals surface area contributed by atoms with Gasteiger partial charge in [0.2, 0.25) is 5.13 Å². The van der Waals surface area contributed by atoms with E-state index in [2.05, 4.69) is 18.8 Å². The molecule has 2 heterocycles. The molecule has 1 N–H and O–H groups in total. The molecule has 8 nitrogen and oxygen atoms in total. The SMILES string of the molecule is N#Cc1cc(S(=O)(=O)Nc2ncns2)ccc1CN1CC[C@@H](OC(F)(F)F)C[C@H]1c1ccccc1. The third-order valence-electron chi connectivity index (χ3n) is 5.62. The molecule has 35 heavy (non-hydrogen) atoms. The molecule has 1 aliphatic heterocycles. The van der Waals surface area contributed by atoms with E-state index in [4.69, 9.17) is 0 Å². The number of nitrogens with one attached hydrogen (secondary N) is 1. The Hall–Kier alpha value is -3.05. The van der Waals surface area contributed by atoms with E-state index < -0.39 is 22.5 Å². The Bertz CT molecular complexity index is 1300. The number of benzene rings is 2. The van der Waals surface area contributed by atoms with Crippen LogP contribution in [-0.4, -0.2) is 41.7 Å². The molecule has 0 bridgehead atoms. The van der Waals surface area contributed by atoms with Gasteiger partial charge < -0.3 is 0 Å². The fourth-order valence-corrected chi connectivity index (χ4v) is 5.75. The van der Waals surface area contributed by atoms with Crippen LogP contribution in [0.5, 0.6) is 0 Å². The van der Waals surface area contributed by atoms with Gasteiger partial charge in [0.25, 0.3) is 10.0 Å². The second kappa shape index (κ2) is 10.3. The summed E-state index contributed by atoms with van der Waals surface area (Å²) in [6, 6.07) is 15.0. The molecule has 0 radical (unpaired) electrons. The predicted molar refractivity (Wildman–Crippen MR) is 122 cm³/mol. The maximum Gasteiger partial charge on any atom is 0.522 e. The lowest BCUT2D eigenvalue weighted by molar-refractivity contribution is -0.347. The number of likely N-dealkylation sites (tertiary alicyclic amines) is 1. The van der Waals surface area contributed by atoms with Crippen LogP contribution >= 0.6 is 11.5 Å². The molecule has 2 aromatic carbocycles. The van der Waals surface area contributed by atoms with Crippen molar-refractivity contribution >= 4 is 26.7 Å². The third-order valence-corrected chi connectivity index (χ3v) is 7.66. The predicted octanol–water partition coefficient (Wildman–Crippen LogP) is 4.45. The fourth-order valence-electron chi connectivity index (χ4n) is 4.06. The minimum atomic E-state index is -4.72. The maximum absolute atomic E-state index is 12.8. The monoisotopic (exact) mass is 523 g/mol. The number of halogens is 3. The first kappa shape index (κ1) is 25.1. The van der Waals surface area contributed by atoms with Gasteiger partial charge in [-0.05, 0) is 36.1 Å². The number of piperidine rings is 1. The van der Waals surface area contributed by atoms with E-state index in [0.29, 0.717) is 12.1 Å². The van der Waals surface area contributed by atoms with Gasteiger partial charge in [0, 0.05) is 30.7 Å². The van der Waals surface area contributed by atoms with Crippen LogP contribution in [-0.2, 0) is 21.3 Å². The molecule has 0 unspecified atom stereocenters. The molecule has 3 aromatic rings. The number of anilines is 1. The van der Waals surface area contributed by atoms with Crippen LogP contribution in [0.4, 0.5) is 18.3 Å². The van der Waals surface area contributed by atoms with Crippen molar-refractivity contribution in [3.05, 3.63) is 71.5 Å². The van der Waals surface area contributed by atoms with E-state index in [1.165, 1.54) is 18.5 Å². The Morgan fingerprint density at radius 2 is 2.00 bits per heavy atom. The van der Waals surface area contributed by atoms with Gasteiger partial charge in [0.05, 0.1) is 22.6 Å². The van der Waals surface area contributed by atoms with Crippen molar-refractivity contribution in [2.24, 2.45) is 0 Å². The van der Waals surface area contributed by atoms with Gasteiger partial charge in [0.15, 0.2) is 0 Å². The number of alkyl halides is 3. The molecule has 184 valence electrons. The van der Waals surface area contributed by atoms with Gasteiger partial charge >= 0.3 is 6.36 Å². The highest BCUT2D eigenvalue weighted by atomic mass is 32.2. The van der Waals surface area contributed by atoms with Gasteiger partial charge in [0.1, 0.15) is 6.33 Å². The van der Waals surface area contributed by atoms with Gasteiger partial charge in [-0.3, -0.25) is 14.4 Å². The normalized spacial score (nSPS) is 19.3. The minimum Gasteiger partial charge on any atom is -0.292 e. The van der Waals surface area contributed by atoms with Crippen LogP contribution in [0.2, 0.25) is 0 Å². The average Bonchev–Trinajstić information content (AvgIpc) is 3.32. The number of hydrogen-bond acceptors (Lipinski definition) is 8. The summed E-state index contributed by atoms with van der Waals surface area (Å²) in [5, 5.41) is 9.80. The minimum absolute atomic E-state index is 0.0993. The molecule has 0 aliphatic carbocycles. The second-order valence-corrected chi connectivity index (χ2v) is 10.4. The summed E-state index contributed by atoms with van der Waals surface area (Å²) in [5.74, 6) is 0. The fraction of sp³-hybridized carbons (Fsp3) is 0.318. The van der Waals surface area contributed by atoms with E-state index in [0.717, 1.165) is 17.1 Å². The summed E-state index contributed by atoms with van der Waals surface area (Å²) in [5.41, 5.74) is 1.56. The highest BCUT2D eigenvalue weighted by Gasteiger charge is 2.38. The van der Waals surface area contributed by atoms with E-state index in [9.17, 15) is 26.9 Å². The molecule has 4 rings (SSSR count). The Kier molecular flexibility index (Phi) is 7.36. The molecule has 0 amide bonds. The summed E-state index contributed by atoms with van der Waals surface area (Å²) in [6.45, 7) is 0.565. The molecule has 1 aromatic heterocycles. The Labute approximate surface area is 204 Å². The number of rotatable bonds is 7. The Morgan fingerprint density at radius 3 is 2.66 bits per heavy atom. The Balaban J connectivity index is 1.57. The molecule has 0 saturated carbocycles. The van der Waals surface area contributed by atoms with Crippen molar-refractivity contribution < 1.29 is 26.3 Å². The maximum atomic E-state index is 12.8. The first-order valence-corrected chi connectivity index (χ1v) is 12.8. The quantitative estimate of drug-likeness (QED) is 0.487. The van der Waals surface area contributed by atoms with Gasteiger partial charge in [-0.25, -0.2) is 13.4 Å².